The fraction of sp³-hybridized carbons (Fsp3) is 0.231. The van der Waals surface area contributed by atoms with Gasteiger partial charge >= 0.3 is 0 Å². The van der Waals surface area contributed by atoms with E-state index < -0.39 is 0 Å². The van der Waals surface area contributed by atoms with Gasteiger partial charge in [0.1, 0.15) is 18.2 Å². The first kappa shape index (κ1) is 20.8. The normalized spacial score (nSPS) is 12.4. The van der Waals surface area contributed by atoms with Crippen LogP contribution in [-0.2, 0) is 0 Å². The quantitative estimate of drug-likeness (QED) is 0.322. The molecule has 3 aromatic carbocycles. The molecular formula is C26H27FO2. The molecule has 1 atom stereocenters. The Balaban J connectivity index is 1.75. The van der Waals surface area contributed by atoms with Crippen LogP contribution in [0.15, 0.2) is 73.3 Å². The van der Waals surface area contributed by atoms with Gasteiger partial charge in [-0.2, -0.15) is 0 Å². The Hall–Kier alpha value is -2.91. The number of unbranched alkanes of at least 4 members (excludes halogenated alkanes) is 1. The van der Waals surface area contributed by atoms with Gasteiger partial charge in [-0.1, -0.05) is 55.1 Å². The Morgan fingerprint density at radius 2 is 1.86 bits per heavy atom. The van der Waals surface area contributed by atoms with E-state index in [1.165, 1.54) is 0 Å². The standard InChI is InChI=1S/C26H27FO2/c1-3-15-29-24-13-12-21-17-23(11-10-22(21)18-24)25-14-9-20(16-26(25)27)8-6-4-5-7-19(2)28/h3,6,8-14,16-19,28H,1,4-5,7,15H2,2H3/b8-6+. The molecule has 0 aromatic heterocycles. The first-order valence-electron chi connectivity index (χ1n) is 9.99. The van der Waals surface area contributed by atoms with Gasteiger partial charge in [-0.15, -0.1) is 0 Å². The first-order chi connectivity index (χ1) is 14.1. The van der Waals surface area contributed by atoms with Crippen molar-refractivity contribution < 1.29 is 14.2 Å². The molecule has 0 heterocycles. The molecule has 3 heteroatoms. The van der Waals surface area contributed by atoms with Gasteiger partial charge in [0.2, 0.25) is 0 Å². The zero-order valence-electron chi connectivity index (χ0n) is 16.8. The zero-order valence-corrected chi connectivity index (χ0v) is 16.8. The summed E-state index contributed by atoms with van der Waals surface area (Å²) < 4.78 is 20.3. The number of rotatable bonds is 9. The third kappa shape index (κ3) is 5.78. The van der Waals surface area contributed by atoms with Crippen LogP contribution in [0.4, 0.5) is 4.39 Å². The molecule has 1 unspecified atom stereocenters. The third-order valence-corrected chi connectivity index (χ3v) is 4.79. The van der Waals surface area contributed by atoms with Crippen molar-refractivity contribution in [2.24, 2.45) is 0 Å². The molecule has 0 aliphatic rings. The van der Waals surface area contributed by atoms with E-state index in [4.69, 9.17) is 4.74 Å². The van der Waals surface area contributed by atoms with Crippen LogP contribution in [0.2, 0.25) is 0 Å². The van der Waals surface area contributed by atoms with E-state index in [1.54, 1.807) is 19.1 Å². The molecule has 0 saturated carbocycles. The Morgan fingerprint density at radius 3 is 2.62 bits per heavy atom. The van der Waals surface area contributed by atoms with Crippen LogP contribution < -0.4 is 4.74 Å². The van der Waals surface area contributed by atoms with Crippen molar-refractivity contribution in [1.82, 2.24) is 0 Å². The number of halogens is 1. The lowest BCUT2D eigenvalue weighted by atomic mass is 9.99. The molecule has 0 amide bonds. The summed E-state index contributed by atoms with van der Waals surface area (Å²) in [6.07, 6.45) is 7.97. The van der Waals surface area contributed by atoms with Crippen LogP contribution in [0.25, 0.3) is 28.0 Å². The molecule has 150 valence electrons. The molecule has 0 aliphatic carbocycles. The van der Waals surface area contributed by atoms with Crippen molar-refractivity contribution in [1.29, 1.82) is 0 Å². The van der Waals surface area contributed by atoms with Crippen molar-refractivity contribution in [3.8, 4) is 16.9 Å². The molecule has 3 rings (SSSR count). The van der Waals surface area contributed by atoms with E-state index in [0.29, 0.717) is 12.2 Å². The highest BCUT2D eigenvalue weighted by Gasteiger charge is 2.07. The van der Waals surface area contributed by atoms with Crippen molar-refractivity contribution in [2.75, 3.05) is 6.61 Å². The van der Waals surface area contributed by atoms with Crippen molar-refractivity contribution in [3.63, 3.8) is 0 Å². The van der Waals surface area contributed by atoms with Gasteiger partial charge in [0.05, 0.1) is 6.10 Å². The molecule has 3 aromatic rings. The Morgan fingerprint density at radius 1 is 1.07 bits per heavy atom. The first-order valence-corrected chi connectivity index (χ1v) is 9.99. The lowest BCUT2D eigenvalue weighted by molar-refractivity contribution is 0.182. The Labute approximate surface area is 172 Å². The van der Waals surface area contributed by atoms with Gasteiger partial charge in [-0.3, -0.25) is 0 Å². The number of ether oxygens (including phenoxy) is 1. The summed E-state index contributed by atoms with van der Waals surface area (Å²) in [4.78, 5) is 0. The monoisotopic (exact) mass is 390 g/mol. The second-order valence-corrected chi connectivity index (χ2v) is 7.24. The summed E-state index contributed by atoms with van der Waals surface area (Å²) in [5.74, 6) is 0.558. The van der Waals surface area contributed by atoms with E-state index in [2.05, 4.69) is 6.58 Å². The number of hydrogen-bond donors (Lipinski definition) is 1. The van der Waals surface area contributed by atoms with Crippen LogP contribution in [0.5, 0.6) is 5.75 Å². The number of hydrogen-bond acceptors (Lipinski definition) is 2. The number of benzene rings is 3. The molecule has 0 bridgehead atoms. The second kappa shape index (κ2) is 10.0. The Kier molecular flexibility index (Phi) is 7.20. The van der Waals surface area contributed by atoms with Crippen LogP contribution in [-0.4, -0.2) is 17.8 Å². The number of aliphatic hydroxyl groups is 1. The molecule has 0 spiro atoms. The largest absolute Gasteiger partial charge is 0.490 e. The summed E-state index contributed by atoms with van der Waals surface area (Å²) in [5.41, 5.74) is 2.28. The number of aliphatic hydroxyl groups excluding tert-OH is 1. The predicted molar refractivity (Wildman–Crippen MR) is 120 cm³/mol. The second-order valence-electron chi connectivity index (χ2n) is 7.24. The van der Waals surface area contributed by atoms with Crippen LogP contribution in [0.3, 0.4) is 0 Å². The van der Waals surface area contributed by atoms with Crippen LogP contribution in [0, 0.1) is 5.82 Å². The maximum absolute atomic E-state index is 14.7. The molecule has 0 radical (unpaired) electrons. The van der Waals surface area contributed by atoms with Crippen LogP contribution in [0.1, 0.15) is 31.7 Å². The fourth-order valence-corrected chi connectivity index (χ4v) is 3.26. The van der Waals surface area contributed by atoms with E-state index in [0.717, 1.165) is 46.9 Å². The molecule has 0 fully saturated rings. The van der Waals surface area contributed by atoms with Gasteiger partial charge in [0.25, 0.3) is 0 Å². The molecule has 2 nitrogen and oxygen atoms in total. The number of fused-ring (bicyclic) bond motifs is 1. The summed E-state index contributed by atoms with van der Waals surface area (Å²) in [6, 6.07) is 17.1. The highest BCUT2D eigenvalue weighted by Crippen LogP contribution is 2.29. The van der Waals surface area contributed by atoms with Gasteiger partial charge < -0.3 is 9.84 Å². The lowest BCUT2D eigenvalue weighted by Gasteiger charge is -2.08. The summed E-state index contributed by atoms with van der Waals surface area (Å²) in [6.45, 7) is 5.91. The smallest absolute Gasteiger partial charge is 0.131 e. The van der Waals surface area contributed by atoms with E-state index in [9.17, 15) is 9.50 Å². The predicted octanol–water partition coefficient (Wildman–Crippen LogP) is 6.78. The van der Waals surface area contributed by atoms with E-state index in [-0.39, 0.29) is 11.9 Å². The lowest BCUT2D eigenvalue weighted by Crippen LogP contribution is -1.97. The highest BCUT2D eigenvalue weighted by molar-refractivity contribution is 5.88. The third-order valence-electron chi connectivity index (χ3n) is 4.79. The number of allylic oxidation sites excluding steroid dienone is 1. The molecule has 0 saturated heterocycles. The topological polar surface area (TPSA) is 29.5 Å². The zero-order chi connectivity index (χ0) is 20.6. The maximum Gasteiger partial charge on any atom is 0.131 e. The van der Waals surface area contributed by atoms with Gasteiger partial charge in [0, 0.05) is 5.56 Å². The van der Waals surface area contributed by atoms with Crippen molar-refractivity contribution in [2.45, 2.75) is 32.3 Å². The van der Waals surface area contributed by atoms with Gasteiger partial charge in [-0.25, -0.2) is 4.39 Å². The van der Waals surface area contributed by atoms with Crippen molar-refractivity contribution >= 4 is 16.8 Å². The van der Waals surface area contributed by atoms with Gasteiger partial charge in [0.15, 0.2) is 0 Å². The molecular weight excluding hydrogens is 363 g/mol. The molecule has 29 heavy (non-hydrogen) atoms. The Bertz CT molecular complexity index is 1000. The molecule has 1 N–H and O–H groups in total. The van der Waals surface area contributed by atoms with E-state index in [1.807, 2.05) is 60.7 Å². The highest BCUT2D eigenvalue weighted by atomic mass is 19.1. The summed E-state index contributed by atoms with van der Waals surface area (Å²) in [5, 5.41) is 11.4. The van der Waals surface area contributed by atoms with Gasteiger partial charge in [-0.05, 0) is 72.4 Å². The van der Waals surface area contributed by atoms with Crippen LogP contribution >= 0.6 is 0 Å². The van der Waals surface area contributed by atoms with E-state index >= 15 is 0 Å². The SMILES string of the molecule is C=CCOc1ccc2cc(-c3ccc(/C=C/CCCC(C)O)cc3F)ccc2c1. The summed E-state index contributed by atoms with van der Waals surface area (Å²) in [7, 11) is 0. The average molecular weight is 390 g/mol. The minimum Gasteiger partial charge on any atom is -0.490 e. The summed E-state index contributed by atoms with van der Waals surface area (Å²) >= 11 is 0. The fourth-order valence-electron chi connectivity index (χ4n) is 3.26. The maximum atomic E-state index is 14.7. The minimum atomic E-state index is -0.270. The average Bonchev–Trinajstić information content (AvgIpc) is 2.71. The molecule has 0 aliphatic heterocycles. The van der Waals surface area contributed by atoms with Crippen molar-refractivity contribution in [3.05, 3.63) is 84.7 Å². The minimum absolute atomic E-state index is 0.235.